The van der Waals surface area contributed by atoms with Crippen LogP contribution < -0.4 is 0 Å². The molecule has 2 aromatic heterocycles. The Balaban J connectivity index is 2.05. The second kappa shape index (κ2) is 10.3. The maximum Gasteiger partial charge on any atom is 0.355 e. The van der Waals surface area contributed by atoms with Gasteiger partial charge in [-0.2, -0.15) is 4.31 Å². The van der Waals surface area contributed by atoms with Gasteiger partial charge >= 0.3 is 5.97 Å². The number of carbonyl (C=O) groups excluding carboxylic acids is 2. The van der Waals surface area contributed by atoms with Gasteiger partial charge in [-0.05, 0) is 64.4 Å². The summed E-state index contributed by atoms with van der Waals surface area (Å²) in [4.78, 5) is 33.2. The lowest BCUT2D eigenvalue weighted by atomic mass is 10.0. The molecule has 0 bridgehead atoms. The molecule has 180 valence electrons. The molecule has 2 heterocycles. The van der Waals surface area contributed by atoms with E-state index in [0.29, 0.717) is 17.0 Å². The van der Waals surface area contributed by atoms with E-state index in [1.54, 1.807) is 64.2 Å². The Morgan fingerprint density at radius 1 is 1.09 bits per heavy atom. The molecule has 0 fully saturated rings. The maximum atomic E-state index is 13.7. The predicted octanol–water partition coefficient (Wildman–Crippen LogP) is 3.97. The lowest BCUT2D eigenvalue weighted by Crippen LogP contribution is -2.43. The number of aromatic nitrogens is 2. The Kier molecular flexibility index (Phi) is 7.68. The molecule has 0 radical (unpaired) electrons. The number of carbonyl (C=O) groups is 2. The molecule has 3 aromatic rings. The number of ether oxygens (including phenoxy) is 1. The number of ketones is 1. The summed E-state index contributed by atoms with van der Waals surface area (Å²) in [5.74, 6) is -0.985. The molecule has 0 aliphatic heterocycles. The highest BCUT2D eigenvalue weighted by Gasteiger charge is 2.36. The minimum atomic E-state index is -4.04. The number of pyridine rings is 1. The Hall–Kier alpha value is -3.30. The molecule has 0 amide bonds. The largest absolute Gasteiger partial charge is 0.461 e. The smallest absolute Gasteiger partial charge is 0.355 e. The van der Waals surface area contributed by atoms with Gasteiger partial charge < -0.3 is 9.72 Å². The molecule has 34 heavy (non-hydrogen) atoms. The number of H-pyrrole nitrogens is 1. The van der Waals surface area contributed by atoms with Gasteiger partial charge in [0.25, 0.3) is 0 Å². The molecule has 0 aliphatic carbocycles. The van der Waals surface area contributed by atoms with Gasteiger partial charge in [-0.1, -0.05) is 23.8 Å². The summed E-state index contributed by atoms with van der Waals surface area (Å²) in [6.45, 7) is 8.54. The predicted molar refractivity (Wildman–Crippen MR) is 128 cm³/mol. The van der Waals surface area contributed by atoms with Crippen molar-refractivity contribution in [3.8, 4) is 0 Å². The standard InChI is InChI=1S/C25H29N3O5S/c1-6-33-25(30)23-17(3)22(18(4)27-23)24(29)19(5)28(15-20-9-7-8-14-26-20)34(31,32)21-12-10-16(2)11-13-21/h7-14,19,27H,6,15H2,1-5H3. The number of hydrogen-bond donors (Lipinski definition) is 1. The van der Waals surface area contributed by atoms with Crippen LogP contribution in [0.2, 0.25) is 0 Å². The lowest BCUT2D eigenvalue weighted by molar-refractivity contribution is 0.0519. The Morgan fingerprint density at radius 2 is 1.76 bits per heavy atom. The van der Waals surface area contributed by atoms with Crippen LogP contribution in [0.1, 0.15) is 57.2 Å². The topological polar surface area (TPSA) is 109 Å². The molecule has 1 atom stereocenters. The number of rotatable bonds is 9. The highest BCUT2D eigenvalue weighted by Crippen LogP contribution is 2.26. The summed E-state index contributed by atoms with van der Waals surface area (Å²) in [7, 11) is -4.04. The number of nitrogens with one attached hydrogen (secondary N) is 1. The van der Waals surface area contributed by atoms with E-state index in [0.717, 1.165) is 9.87 Å². The van der Waals surface area contributed by atoms with Crippen LogP contribution in [-0.4, -0.2) is 47.1 Å². The van der Waals surface area contributed by atoms with Crippen LogP contribution in [0.15, 0.2) is 53.6 Å². The molecular weight excluding hydrogens is 454 g/mol. The number of sulfonamides is 1. The Morgan fingerprint density at radius 3 is 2.35 bits per heavy atom. The Labute approximate surface area is 200 Å². The molecule has 0 saturated heterocycles. The van der Waals surface area contributed by atoms with E-state index in [1.807, 2.05) is 6.92 Å². The van der Waals surface area contributed by atoms with Gasteiger partial charge in [0, 0.05) is 17.5 Å². The first-order valence-corrected chi connectivity index (χ1v) is 12.4. The molecular formula is C25H29N3O5S. The van der Waals surface area contributed by atoms with Crippen molar-refractivity contribution in [2.45, 2.75) is 52.1 Å². The van der Waals surface area contributed by atoms with Crippen molar-refractivity contribution >= 4 is 21.8 Å². The number of esters is 1. The average molecular weight is 484 g/mol. The first-order chi connectivity index (χ1) is 16.1. The summed E-state index contributed by atoms with van der Waals surface area (Å²) < 4.78 is 33.5. The number of aryl methyl sites for hydroxylation is 2. The van der Waals surface area contributed by atoms with Crippen LogP contribution in [-0.2, 0) is 21.3 Å². The van der Waals surface area contributed by atoms with E-state index in [4.69, 9.17) is 4.74 Å². The molecule has 1 unspecified atom stereocenters. The highest BCUT2D eigenvalue weighted by molar-refractivity contribution is 7.89. The highest BCUT2D eigenvalue weighted by atomic mass is 32.2. The third kappa shape index (κ3) is 5.10. The molecule has 3 rings (SSSR count). The van der Waals surface area contributed by atoms with E-state index < -0.39 is 27.8 Å². The molecule has 0 aliphatic rings. The normalized spacial score (nSPS) is 12.5. The molecule has 8 nitrogen and oxygen atoms in total. The lowest BCUT2D eigenvalue weighted by Gasteiger charge is -2.27. The number of benzene rings is 1. The second-order valence-corrected chi connectivity index (χ2v) is 9.96. The molecule has 1 N–H and O–H groups in total. The first-order valence-electron chi connectivity index (χ1n) is 11.0. The van der Waals surface area contributed by atoms with Crippen molar-refractivity contribution < 1.29 is 22.7 Å². The zero-order valence-electron chi connectivity index (χ0n) is 20.0. The summed E-state index contributed by atoms with van der Waals surface area (Å²) in [5.41, 5.74) is 2.80. The third-order valence-corrected chi connectivity index (χ3v) is 7.58. The van der Waals surface area contributed by atoms with Crippen LogP contribution in [0, 0.1) is 20.8 Å². The van der Waals surface area contributed by atoms with Gasteiger partial charge in [0.2, 0.25) is 10.0 Å². The van der Waals surface area contributed by atoms with Gasteiger partial charge in [-0.3, -0.25) is 9.78 Å². The van der Waals surface area contributed by atoms with Crippen LogP contribution in [0.5, 0.6) is 0 Å². The van der Waals surface area contributed by atoms with E-state index in [1.165, 1.54) is 12.1 Å². The van der Waals surface area contributed by atoms with Gasteiger partial charge in [0.1, 0.15) is 5.69 Å². The summed E-state index contributed by atoms with van der Waals surface area (Å²) >= 11 is 0. The summed E-state index contributed by atoms with van der Waals surface area (Å²) in [5, 5.41) is 0. The van der Waals surface area contributed by atoms with Crippen molar-refractivity contribution in [1.29, 1.82) is 0 Å². The van der Waals surface area contributed by atoms with E-state index in [2.05, 4.69) is 9.97 Å². The van der Waals surface area contributed by atoms with Crippen molar-refractivity contribution in [3.63, 3.8) is 0 Å². The fourth-order valence-electron chi connectivity index (χ4n) is 3.79. The molecule has 0 spiro atoms. The minimum Gasteiger partial charge on any atom is -0.461 e. The van der Waals surface area contributed by atoms with E-state index >= 15 is 0 Å². The van der Waals surface area contributed by atoms with E-state index in [-0.39, 0.29) is 29.3 Å². The summed E-state index contributed by atoms with van der Waals surface area (Å²) in [6, 6.07) is 10.6. The molecule has 0 saturated carbocycles. The average Bonchev–Trinajstić information content (AvgIpc) is 3.11. The van der Waals surface area contributed by atoms with Crippen LogP contribution >= 0.6 is 0 Å². The van der Waals surface area contributed by atoms with Crippen LogP contribution in [0.4, 0.5) is 0 Å². The van der Waals surface area contributed by atoms with E-state index in [9.17, 15) is 18.0 Å². The third-order valence-electron chi connectivity index (χ3n) is 5.65. The van der Waals surface area contributed by atoms with Crippen LogP contribution in [0.25, 0.3) is 0 Å². The maximum absolute atomic E-state index is 13.7. The SMILES string of the molecule is CCOC(=O)c1[nH]c(C)c(C(=O)C(C)N(Cc2ccccn2)S(=O)(=O)c2ccc(C)cc2)c1C. The van der Waals surface area contributed by atoms with Gasteiger partial charge in [0.15, 0.2) is 5.78 Å². The van der Waals surface area contributed by atoms with Crippen molar-refractivity contribution in [3.05, 3.63) is 82.4 Å². The summed E-state index contributed by atoms with van der Waals surface area (Å²) in [6.07, 6.45) is 1.57. The second-order valence-electron chi connectivity index (χ2n) is 8.07. The number of aromatic amines is 1. The van der Waals surface area contributed by atoms with Crippen LogP contribution in [0.3, 0.4) is 0 Å². The molecule has 1 aromatic carbocycles. The zero-order valence-corrected chi connectivity index (χ0v) is 20.8. The number of nitrogens with zero attached hydrogens (tertiary/aromatic N) is 2. The van der Waals surface area contributed by atoms with Crippen molar-refractivity contribution in [2.75, 3.05) is 6.61 Å². The molecule has 9 heteroatoms. The minimum absolute atomic E-state index is 0.0861. The van der Waals surface area contributed by atoms with Crippen molar-refractivity contribution in [1.82, 2.24) is 14.3 Å². The fourth-order valence-corrected chi connectivity index (χ4v) is 5.36. The van der Waals surface area contributed by atoms with Gasteiger partial charge in [-0.25, -0.2) is 13.2 Å². The zero-order chi connectivity index (χ0) is 25.0. The number of hydrogen-bond acceptors (Lipinski definition) is 6. The quantitative estimate of drug-likeness (QED) is 0.364. The monoisotopic (exact) mass is 483 g/mol. The Bertz CT molecular complexity index is 1280. The van der Waals surface area contributed by atoms with Gasteiger partial charge in [-0.15, -0.1) is 0 Å². The fraction of sp³-hybridized carbons (Fsp3) is 0.320. The number of Topliss-reactive ketones (excluding diaryl/α,β-unsaturated/α-hetero) is 1. The van der Waals surface area contributed by atoms with Crippen molar-refractivity contribution in [2.24, 2.45) is 0 Å². The van der Waals surface area contributed by atoms with Gasteiger partial charge in [0.05, 0.1) is 29.8 Å². The first kappa shape index (κ1) is 25.3.